The van der Waals surface area contributed by atoms with Crippen LogP contribution in [0.1, 0.15) is 50.7 Å². The molecular formula is C18H22CrO3. The number of aryl methyl sites for hydroxylation is 1. The van der Waals surface area contributed by atoms with Gasteiger partial charge in [0.15, 0.2) is 0 Å². The third-order valence-corrected chi connectivity index (χ3v) is 2.80. The molecule has 118 valence electrons. The van der Waals surface area contributed by atoms with Crippen LogP contribution in [0.4, 0.5) is 0 Å². The van der Waals surface area contributed by atoms with E-state index in [4.69, 9.17) is 14.0 Å². The molecule has 0 aromatic heterocycles. The van der Waals surface area contributed by atoms with Crippen LogP contribution in [0.15, 0.2) is 35.9 Å². The van der Waals surface area contributed by atoms with Gasteiger partial charge in [-0.3, -0.25) is 0 Å². The maximum absolute atomic E-state index is 7.50. The third-order valence-electron chi connectivity index (χ3n) is 2.80. The van der Waals surface area contributed by atoms with Gasteiger partial charge in [0, 0.05) is 17.4 Å². The van der Waals surface area contributed by atoms with Crippen molar-refractivity contribution in [3.8, 4) is 0 Å². The van der Waals surface area contributed by atoms with Gasteiger partial charge in [-0.25, -0.2) is 0 Å². The van der Waals surface area contributed by atoms with E-state index >= 15 is 0 Å². The molecule has 22 heavy (non-hydrogen) atoms. The second-order valence-corrected chi connectivity index (χ2v) is 4.67. The summed E-state index contributed by atoms with van der Waals surface area (Å²) in [7, 11) is 0. The molecule has 0 saturated heterocycles. The smallest absolute Gasteiger partial charge is 0 e. The monoisotopic (exact) mass is 338 g/mol. The van der Waals surface area contributed by atoms with E-state index in [1.807, 2.05) is 0 Å². The molecule has 0 N–H and O–H groups in total. The van der Waals surface area contributed by atoms with E-state index < -0.39 is 0 Å². The molecular weight excluding hydrogens is 316 g/mol. The molecule has 0 bridgehead atoms. The van der Waals surface area contributed by atoms with Crippen molar-refractivity contribution in [2.75, 3.05) is 0 Å². The molecule has 0 amide bonds. The second kappa shape index (κ2) is 22.0. The molecule has 1 rings (SSSR count). The number of hydrogen-bond donors (Lipinski definition) is 0. The fourth-order valence-corrected chi connectivity index (χ4v) is 1.68. The number of rotatable bonds is 4. The Morgan fingerprint density at radius 1 is 1.00 bits per heavy atom. The van der Waals surface area contributed by atoms with Crippen LogP contribution < -0.4 is 0 Å². The molecule has 0 saturated carbocycles. The van der Waals surface area contributed by atoms with Gasteiger partial charge in [0.2, 0.25) is 0 Å². The van der Waals surface area contributed by atoms with Crippen molar-refractivity contribution in [3.63, 3.8) is 0 Å². The summed E-state index contributed by atoms with van der Waals surface area (Å²) >= 11 is 0. The summed E-state index contributed by atoms with van der Waals surface area (Å²) in [5.41, 5.74) is 4.23. The molecule has 0 fully saturated rings. The molecule has 1 aromatic carbocycles. The average molecular weight is 338 g/mol. The Morgan fingerprint density at radius 3 is 1.77 bits per heavy atom. The molecule has 4 heteroatoms. The van der Waals surface area contributed by atoms with Crippen molar-refractivity contribution < 1.29 is 31.3 Å². The van der Waals surface area contributed by atoms with Crippen molar-refractivity contribution in [1.82, 2.24) is 0 Å². The number of benzene rings is 1. The topological polar surface area (TPSA) is 59.7 Å². The molecule has 0 aliphatic heterocycles. The summed E-state index contributed by atoms with van der Waals surface area (Å²) < 4.78 is 22.5. The minimum absolute atomic E-state index is 0. The zero-order chi connectivity index (χ0) is 17.3. The first-order valence-corrected chi connectivity index (χ1v) is 6.40. The van der Waals surface area contributed by atoms with Gasteiger partial charge in [-0.15, -0.1) is 0 Å². The Balaban J connectivity index is -0.000000206. The zero-order valence-electron chi connectivity index (χ0n) is 13.5. The van der Waals surface area contributed by atoms with E-state index in [0.717, 1.165) is 0 Å². The summed E-state index contributed by atoms with van der Waals surface area (Å²) in [6.45, 7) is 22.3. The first kappa shape index (κ1) is 28.8. The normalized spacial score (nSPS) is 8.64. The quantitative estimate of drug-likeness (QED) is 0.433. The average Bonchev–Trinajstić information content (AvgIpc) is 2.53. The summed E-state index contributed by atoms with van der Waals surface area (Å²) in [5.74, 6) is 0.668. The van der Waals surface area contributed by atoms with Gasteiger partial charge < -0.3 is 0 Å². The van der Waals surface area contributed by atoms with Crippen molar-refractivity contribution in [2.45, 2.75) is 46.5 Å². The van der Waals surface area contributed by atoms with Crippen LogP contribution in [0.3, 0.4) is 0 Å². The van der Waals surface area contributed by atoms with E-state index in [9.17, 15) is 0 Å². The summed E-state index contributed by atoms with van der Waals surface area (Å²) in [4.78, 5) is 0. The van der Waals surface area contributed by atoms with Gasteiger partial charge in [-0.2, -0.15) is 0 Å². The Kier molecular flexibility index (Phi) is 28.8. The van der Waals surface area contributed by atoms with E-state index in [1.165, 1.54) is 29.5 Å². The maximum Gasteiger partial charge on any atom is 0 e. The Bertz CT molecular complexity index is 423. The molecule has 0 radical (unpaired) electrons. The van der Waals surface area contributed by atoms with Crippen LogP contribution in [0.5, 0.6) is 0 Å². The number of hydrogen-bond acceptors (Lipinski definition) is 0. The van der Waals surface area contributed by atoms with Crippen molar-refractivity contribution in [2.24, 2.45) is 0 Å². The maximum atomic E-state index is 7.50. The Morgan fingerprint density at radius 2 is 1.41 bits per heavy atom. The standard InChI is InChI=1S/C15H22.3CO.Cr/c1-12(2)6-5-7-14(4)15-10-8-13(3)9-11-15;3*1-2;/h6,8-11,14H,5,7H2,1-4H3;;;;/t14-;;;;/m0..../s1. The first-order valence-electron chi connectivity index (χ1n) is 6.40. The minimum Gasteiger partial charge on any atom is 0 e. The zero-order valence-corrected chi connectivity index (χ0v) is 14.8. The molecule has 0 aliphatic carbocycles. The first-order chi connectivity index (χ1) is 10.1. The fraction of sp³-hybridized carbons (Fsp3) is 0.389. The Labute approximate surface area is 145 Å². The van der Waals surface area contributed by atoms with Gasteiger partial charge >= 0.3 is 33.9 Å². The van der Waals surface area contributed by atoms with E-state index in [1.54, 1.807) is 0 Å². The SMILES string of the molecule is CC(C)=CCC[C@H](C)c1ccc(C)cc1.[C-]#[O+].[C-]#[O+].[C-]#[O+].[Cr]. The van der Waals surface area contributed by atoms with Crippen LogP contribution in [-0.2, 0) is 31.3 Å². The van der Waals surface area contributed by atoms with Gasteiger partial charge in [-0.05, 0) is 45.1 Å². The molecule has 0 heterocycles. The van der Waals surface area contributed by atoms with Crippen molar-refractivity contribution in [3.05, 3.63) is 67.0 Å². The van der Waals surface area contributed by atoms with Crippen molar-refractivity contribution in [1.29, 1.82) is 0 Å². The summed E-state index contributed by atoms with van der Waals surface area (Å²) in [6.07, 6.45) is 4.76. The molecule has 3 nitrogen and oxygen atoms in total. The molecule has 1 aromatic rings. The van der Waals surface area contributed by atoms with Crippen LogP contribution >= 0.6 is 0 Å². The summed E-state index contributed by atoms with van der Waals surface area (Å²) in [5, 5.41) is 0. The van der Waals surface area contributed by atoms with Crippen LogP contribution in [0, 0.1) is 26.9 Å². The van der Waals surface area contributed by atoms with Gasteiger partial charge in [0.25, 0.3) is 0 Å². The molecule has 0 spiro atoms. The van der Waals surface area contributed by atoms with E-state index in [0.29, 0.717) is 5.92 Å². The van der Waals surface area contributed by atoms with E-state index in [-0.39, 0.29) is 17.4 Å². The fourth-order valence-electron chi connectivity index (χ4n) is 1.68. The van der Waals surface area contributed by atoms with Gasteiger partial charge in [0.05, 0.1) is 0 Å². The molecule has 1 atom stereocenters. The Hall–Kier alpha value is -1.29. The minimum atomic E-state index is 0. The van der Waals surface area contributed by atoms with Crippen LogP contribution in [0.25, 0.3) is 0 Å². The molecule has 0 unspecified atom stereocenters. The summed E-state index contributed by atoms with van der Waals surface area (Å²) in [6, 6.07) is 8.91. The third kappa shape index (κ3) is 16.8. The van der Waals surface area contributed by atoms with Crippen molar-refractivity contribution >= 4 is 0 Å². The largest absolute Gasteiger partial charge is 0 e. The number of allylic oxidation sites excluding steroid dienone is 2. The van der Waals surface area contributed by atoms with E-state index in [2.05, 4.69) is 78.0 Å². The predicted molar refractivity (Wildman–Crippen MR) is 80.0 cm³/mol. The van der Waals surface area contributed by atoms with Gasteiger partial charge in [-0.1, -0.05) is 48.4 Å². The predicted octanol–water partition coefficient (Wildman–Crippen LogP) is 4.73. The molecule has 0 aliphatic rings. The second-order valence-electron chi connectivity index (χ2n) is 4.67. The van der Waals surface area contributed by atoms with Gasteiger partial charge in [0.1, 0.15) is 0 Å². The van der Waals surface area contributed by atoms with Crippen LogP contribution in [0.2, 0.25) is 0 Å². The van der Waals surface area contributed by atoms with Crippen LogP contribution in [-0.4, -0.2) is 0 Å².